The van der Waals surface area contributed by atoms with Crippen molar-refractivity contribution in [2.45, 2.75) is 39.5 Å². The van der Waals surface area contributed by atoms with Gasteiger partial charge in [0.15, 0.2) is 0 Å². The Morgan fingerprint density at radius 1 is 1.27 bits per heavy atom. The Balaban J connectivity index is 1.77. The summed E-state index contributed by atoms with van der Waals surface area (Å²) in [5.74, 6) is 1.24. The van der Waals surface area contributed by atoms with Crippen LogP contribution in [0.15, 0.2) is 36.5 Å². The number of anilines is 2. The van der Waals surface area contributed by atoms with Gasteiger partial charge in [-0.15, -0.1) is 0 Å². The lowest BCUT2D eigenvalue weighted by Crippen LogP contribution is -2.37. The van der Waals surface area contributed by atoms with Crippen molar-refractivity contribution in [2.24, 2.45) is 5.92 Å². The number of nitrogens with zero attached hydrogens (tertiary/aromatic N) is 3. The third-order valence-electron chi connectivity index (χ3n) is 4.57. The number of carbonyl (C=O) groups is 1. The summed E-state index contributed by atoms with van der Waals surface area (Å²) in [4.78, 5) is 22.5. The first-order valence-corrected chi connectivity index (χ1v) is 8.75. The number of rotatable bonds is 6. The van der Waals surface area contributed by atoms with Gasteiger partial charge in [0, 0.05) is 6.20 Å². The SMILES string of the molecule is CC(C)[C@H]1COC(=O)N1c1ccnc(N[C@@H](C)c2ccc(CO)cc2)n1. The van der Waals surface area contributed by atoms with Crippen molar-refractivity contribution in [1.29, 1.82) is 0 Å². The summed E-state index contributed by atoms with van der Waals surface area (Å²) in [6.45, 7) is 6.51. The molecule has 1 saturated heterocycles. The maximum Gasteiger partial charge on any atom is 0.415 e. The first-order chi connectivity index (χ1) is 12.5. The predicted octanol–water partition coefficient (Wildman–Crippen LogP) is 3.12. The average molecular weight is 356 g/mol. The van der Waals surface area contributed by atoms with Gasteiger partial charge >= 0.3 is 6.09 Å². The van der Waals surface area contributed by atoms with Crippen molar-refractivity contribution < 1.29 is 14.6 Å². The highest BCUT2D eigenvalue weighted by molar-refractivity contribution is 5.89. The van der Waals surface area contributed by atoms with Crippen LogP contribution >= 0.6 is 0 Å². The van der Waals surface area contributed by atoms with Gasteiger partial charge in [-0.1, -0.05) is 38.1 Å². The molecular weight excluding hydrogens is 332 g/mol. The summed E-state index contributed by atoms with van der Waals surface area (Å²) in [6.07, 6.45) is 1.26. The van der Waals surface area contributed by atoms with E-state index in [1.54, 1.807) is 17.2 Å². The quantitative estimate of drug-likeness (QED) is 0.827. The van der Waals surface area contributed by atoms with Crippen LogP contribution in [0.4, 0.5) is 16.6 Å². The molecule has 0 aliphatic carbocycles. The summed E-state index contributed by atoms with van der Waals surface area (Å²) < 4.78 is 5.19. The van der Waals surface area contributed by atoms with E-state index in [1.807, 2.05) is 31.2 Å². The molecule has 1 aromatic carbocycles. The van der Waals surface area contributed by atoms with Crippen LogP contribution in [-0.2, 0) is 11.3 Å². The molecule has 2 heterocycles. The minimum absolute atomic E-state index is 0.0237. The molecule has 2 aromatic rings. The van der Waals surface area contributed by atoms with Gasteiger partial charge in [0.25, 0.3) is 0 Å². The second-order valence-electron chi connectivity index (χ2n) is 6.76. The van der Waals surface area contributed by atoms with Crippen molar-refractivity contribution in [3.8, 4) is 0 Å². The number of aliphatic hydroxyl groups is 1. The molecule has 1 aliphatic heterocycles. The lowest BCUT2D eigenvalue weighted by molar-refractivity contribution is 0.177. The highest BCUT2D eigenvalue weighted by atomic mass is 16.6. The number of aromatic nitrogens is 2. The molecular formula is C19H24N4O3. The lowest BCUT2D eigenvalue weighted by atomic mass is 10.0. The van der Waals surface area contributed by atoms with Crippen LogP contribution in [-0.4, -0.2) is 33.8 Å². The third kappa shape index (κ3) is 3.77. The molecule has 7 heteroatoms. The van der Waals surface area contributed by atoms with Crippen LogP contribution in [0.1, 0.15) is 37.9 Å². The molecule has 2 atom stereocenters. The Morgan fingerprint density at radius 2 is 2.00 bits per heavy atom. The Morgan fingerprint density at radius 3 is 2.65 bits per heavy atom. The van der Waals surface area contributed by atoms with Gasteiger partial charge in [-0.3, -0.25) is 4.90 Å². The van der Waals surface area contributed by atoms with E-state index in [-0.39, 0.29) is 30.7 Å². The van der Waals surface area contributed by atoms with E-state index >= 15 is 0 Å². The van der Waals surface area contributed by atoms with Crippen molar-refractivity contribution in [3.05, 3.63) is 47.7 Å². The van der Waals surface area contributed by atoms with Gasteiger partial charge in [-0.2, -0.15) is 4.98 Å². The van der Waals surface area contributed by atoms with Crippen molar-refractivity contribution in [1.82, 2.24) is 9.97 Å². The largest absolute Gasteiger partial charge is 0.447 e. The first kappa shape index (κ1) is 18.1. The normalized spacial score (nSPS) is 18.1. The van der Waals surface area contributed by atoms with Crippen LogP contribution in [0.2, 0.25) is 0 Å². The van der Waals surface area contributed by atoms with E-state index in [1.165, 1.54) is 0 Å². The van der Waals surface area contributed by atoms with Crippen molar-refractivity contribution >= 4 is 17.9 Å². The summed E-state index contributed by atoms with van der Waals surface area (Å²) in [5.41, 5.74) is 1.92. The number of cyclic esters (lactones) is 1. The number of benzene rings is 1. The molecule has 1 fully saturated rings. The molecule has 3 rings (SSSR count). The fourth-order valence-electron chi connectivity index (χ4n) is 2.93. The number of amides is 1. The molecule has 0 saturated carbocycles. The van der Waals surface area contributed by atoms with E-state index < -0.39 is 0 Å². The number of aliphatic hydroxyl groups excluding tert-OH is 1. The van der Waals surface area contributed by atoms with Gasteiger partial charge in [0.05, 0.1) is 18.7 Å². The molecule has 1 aromatic heterocycles. The Bertz CT molecular complexity index is 764. The molecule has 26 heavy (non-hydrogen) atoms. The third-order valence-corrected chi connectivity index (χ3v) is 4.57. The number of ether oxygens (including phenoxy) is 1. The molecule has 0 unspecified atom stereocenters. The highest BCUT2D eigenvalue weighted by Gasteiger charge is 2.37. The van der Waals surface area contributed by atoms with Gasteiger partial charge in [-0.25, -0.2) is 9.78 Å². The summed E-state index contributed by atoms with van der Waals surface area (Å²) in [6, 6.07) is 9.35. The van der Waals surface area contributed by atoms with E-state index in [9.17, 15) is 4.79 Å². The topological polar surface area (TPSA) is 87.6 Å². The molecule has 138 valence electrons. The van der Waals surface area contributed by atoms with Crippen LogP contribution in [0.3, 0.4) is 0 Å². The maximum atomic E-state index is 12.1. The van der Waals surface area contributed by atoms with Gasteiger partial charge < -0.3 is 15.2 Å². The molecule has 0 radical (unpaired) electrons. The molecule has 0 spiro atoms. The standard InChI is InChI=1S/C19H24N4O3/c1-12(2)16-11-26-19(25)23(16)17-8-9-20-18(22-17)21-13(3)15-6-4-14(10-24)5-7-15/h4-9,12-13,16,24H,10-11H2,1-3H3,(H,20,21,22)/t13-,16+/m0/s1. The minimum Gasteiger partial charge on any atom is -0.447 e. The van der Waals surface area contributed by atoms with Crippen LogP contribution in [0, 0.1) is 5.92 Å². The zero-order valence-corrected chi connectivity index (χ0v) is 15.2. The molecule has 0 bridgehead atoms. The number of hydrogen-bond donors (Lipinski definition) is 2. The monoisotopic (exact) mass is 356 g/mol. The minimum atomic E-state index is -0.374. The Kier molecular flexibility index (Phi) is 5.37. The second-order valence-corrected chi connectivity index (χ2v) is 6.76. The highest BCUT2D eigenvalue weighted by Crippen LogP contribution is 2.26. The van der Waals surface area contributed by atoms with E-state index in [0.29, 0.717) is 18.4 Å². The first-order valence-electron chi connectivity index (χ1n) is 8.75. The molecule has 1 aliphatic rings. The predicted molar refractivity (Wildman–Crippen MR) is 98.9 cm³/mol. The zero-order valence-electron chi connectivity index (χ0n) is 15.2. The van der Waals surface area contributed by atoms with E-state index in [2.05, 4.69) is 29.1 Å². The molecule has 2 N–H and O–H groups in total. The van der Waals surface area contributed by atoms with Crippen molar-refractivity contribution in [2.75, 3.05) is 16.8 Å². The smallest absolute Gasteiger partial charge is 0.415 e. The van der Waals surface area contributed by atoms with E-state index in [0.717, 1.165) is 11.1 Å². The van der Waals surface area contributed by atoms with E-state index in [4.69, 9.17) is 9.84 Å². The summed E-state index contributed by atoms with van der Waals surface area (Å²) in [5, 5.41) is 12.4. The van der Waals surface area contributed by atoms with Gasteiger partial charge in [-0.05, 0) is 30.0 Å². The van der Waals surface area contributed by atoms with Crippen LogP contribution in [0.25, 0.3) is 0 Å². The molecule has 7 nitrogen and oxygen atoms in total. The average Bonchev–Trinajstić information content (AvgIpc) is 3.04. The lowest BCUT2D eigenvalue weighted by Gasteiger charge is -2.23. The molecule has 1 amide bonds. The summed E-state index contributed by atoms with van der Waals surface area (Å²) >= 11 is 0. The second kappa shape index (κ2) is 7.70. The Hall–Kier alpha value is -2.67. The zero-order chi connectivity index (χ0) is 18.7. The number of hydrogen-bond acceptors (Lipinski definition) is 6. The fraction of sp³-hybridized carbons (Fsp3) is 0.421. The maximum absolute atomic E-state index is 12.1. The fourth-order valence-corrected chi connectivity index (χ4v) is 2.93. The van der Waals surface area contributed by atoms with Gasteiger partial charge in [0.2, 0.25) is 5.95 Å². The number of nitrogens with one attached hydrogen (secondary N) is 1. The number of carbonyl (C=O) groups excluding carboxylic acids is 1. The van der Waals surface area contributed by atoms with Crippen LogP contribution in [0.5, 0.6) is 0 Å². The van der Waals surface area contributed by atoms with Gasteiger partial charge in [0.1, 0.15) is 12.4 Å². The Labute approximate surface area is 153 Å². The van der Waals surface area contributed by atoms with Crippen LogP contribution < -0.4 is 10.2 Å². The van der Waals surface area contributed by atoms with Crippen molar-refractivity contribution in [3.63, 3.8) is 0 Å². The summed E-state index contributed by atoms with van der Waals surface area (Å²) in [7, 11) is 0.